The maximum Gasteiger partial charge on any atom is 0.262 e. The van der Waals surface area contributed by atoms with Crippen LogP contribution in [0.3, 0.4) is 0 Å². The highest BCUT2D eigenvalue weighted by atomic mass is 32.1. The summed E-state index contributed by atoms with van der Waals surface area (Å²) in [7, 11) is 0. The molecule has 0 aliphatic rings. The molecule has 0 unspecified atom stereocenters. The second-order valence-electron chi connectivity index (χ2n) is 4.98. The molecule has 0 bridgehead atoms. The SMILES string of the molecule is Cc1cc(NC(=O)[C@@H](NC(=O)c2cccs2)C(C)C)no1. The van der Waals surface area contributed by atoms with Gasteiger partial charge in [0.05, 0.1) is 4.88 Å². The number of amides is 2. The van der Waals surface area contributed by atoms with Crippen LogP contribution in [0.4, 0.5) is 5.82 Å². The Labute approximate surface area is 126 Å². The van der Waals surface area contributed by atoms with Crippen molar-refractivity contribution in [1.82, 2.24) is 10.5 Å². The summed E-state index contributed by atoms with van der Waals surface area (Å²) in [6.07, 6.45) is 0. The van der Waals surface area contributed by atoms with Gasteiger partial charge < -0.3 is 15.2 Å². The minimum absolute atomic E-state index is 0.0538. The number of rotatable bonds is 5. The molecule has 0 saturated carbocycles. The second kappa shape index (κ2) is 6.53. The van der Waals surface area contributed by atoms with Gasteiger partial charge in [0.2, 0.25) is 5.91 Å². The monoisotopic (exact) mass is 307 g/mol. The van der Waals surface area contributed by atoms with Crippen LogP contribution in [0.25, 0.3) is 0 Å². The van der Waals surface area contributed by atoms with Crippen molar-refractivity contribution in [2.75, 3.05) is 5.32 Å². The Hall–Kier alpha value is -2.15. The third-order valence-corrected chi connectivity index (χ3v) is 3.73. The van der Waals surface area contributed by atoms with Gasteiger partial charge in [-0.15, -0.1) is 11.3 Å². The first kappa shape index (κ1) is 15.2. The van der Waals surface area contributed by atoms with Gasteiger partial charge in [-0.25, -0.2) is 0 Å². The van der Waals surface area contributed by atoms with Crippen LogP contribution in [-0.2, 0) is 4.79 Å². The van der Waals surface area contributed by atoms with Crippen LogP contribution in [0.1, 0.15) is 29.3 Å². The summed E-state index contributed by atoms with van der Waals surface area (Å²) < 4.78 is 4.90. The van der Waals surface area contributed by atoms with Crippen molar-refractivity contribution in [3.8, 4) is 0 Å². The molecule has 0 radical (unpaired) electrons. The molecule has 21 heavy (non-hydrogen) atoms. The number of hydrogen-bond donors (Lipinski definition) is 2. The fourth-order valence-corrected chi connectivity index (χ4v) is 2.41. The molecule has 2 N–H and O–H groups in total. The highest BCUT2D eigenvalue weighted by Gasteiger charge is 2.25. The van der Waals surface area contributed by atoms with Gasteiger partial charge in [-0.3, -0.25) is 9.59 Å². The van der Waals surface area contributed by atoms with Crippen molar-refractivity contribution in [3.63, 3.8) is 0 Å². The van der Waals surface area contributed by atoms with E-state index in [-0.39, 0.29) is 17.7 Å². The molecule has 0 aliphatic heterocycles. The van der Waals surface area contributed by atoms with E-state index in [4.69, 9.17) is 4.52 Å². The zero-order valence-corrected chi connectivity index (χ0v) is 12.9. The quantitative estimate of drug-likeness (QED) is 0.888. The second-order valence-corrected chi connectivity index (χ2v) is 5.93. The largest absolute Gasteiger partial charge is 0.360 e. The average molecular weight is 307 g/mol. The Bertz CT molecular complexity index is 619. The summed E-state index contributed by atoms with van der Waals surface area (Å²) in [5.41, 5.74) is 0. The topological polar surface area (TPSA) is 84.2 Å². The van der Waals surface area contributed by atoms with Crippen molar-refractivity contribution in [1.29, 1.82) is 0 Å². The van der Waals surface area contributed by atoms with Gasteiger partial charge in [0.1, 0.15) is 11.8 Å². The van der Waals surface area contributed by atoms with Gasteiger partial charge in [0, 0.05) is 6.07 Å². The molecule has 112 valence electrons. The molecule has 2 heterocycles. The number of anilines is 1. The predicted molar refractivity (Wildman–Crippen MR) is 80.3 cm³/mol. The van der Waals surface area contributed by atoms with Crippen molar-refractivity contribution in [3.05, 3.63) is 34.2 Å². The lowest BCUT2D eigenvalue weighted by Crippen LogP contribution is -2.47. The predicted octanol–water partition coefficient (Wildman–Crippen LogP) is 2.44. The number of aryl methyl sites for hydroxylation is 1. The normalized spacial score (nSPS) is 12.2. The Kier molecular flexibility index (Phi) is 4.74. The lowest BCUT2D eigenvalue weighted by atomic mass is 10.0. The lowest BCUT2D eigenvalue weighted by molar-refractivity contribution is -0.118. The fraction of sp³-hybridized carbons (Fsp3) is 0.357. The van der Waals surface area contributed by atoms with E-state index in [1.54, 1.807) is 25.1 Å². The number of aromatic nitrogens is 1. The molecule has 2 rings (SSSR count). The smallest absolute Gasteiger partial charge is 0.262 e. The highest BCUT2D eigenvalue weighted by molar-refractivity contribution is 7.12. The van der Waals surface area contributed by atoms with Crippen molar-refractivity contribution in [2.45, 2.75) is 26.8 Å². The highest BCUT2D eigenvalue weighted by Crippen LogP contribution is 2.12. The van der Waals surface area contributed by atoms with Gasteiger partial charge in [-0.05, 0) is 24.3 Å². The summed E-state index contributed by atoms with van der Waals surface area (Å²) in [5, 5.41) is 10.9. The van der Waals surface area contributed by atoms with Gasteiger partial charge in [0.25, 0.3) is 5.91 Å². The maximum absolute atomic E-state index is 12.3. The Balaban J connectivity index is 2.04. The van der Waals surface area contributed by atoms with Crippen molar-refractivity contribution >= 4 is 29.0 Å². The molecular formula is C14H17N3O3S. The van der Waals surface area contributed by atoms with Gasteiger partial charge >= 0.3 is 0 Å². The van der Waals surface area contributed by atoms with E-state index in [1.807, 2.05) is 19.2 Å². The van der Waals surface area contributed by atoms with Crippen LogP contribution in [0.15, 0.2) is 28.1 Å². The summed E-state index contributed by atoms with van der Waals surface area (Å²) in [6, 6.07) is 4.49. The number of thiophene rings is 1. The summed E-state index contributed by atoms with van der Waals surface area (Å²) in [5.74, 6) is 0.322. The Morgan fingerprint density at radius 1 is 1.38 bits per heavy atom. The lowest BCUT2D eigenvalue weighted by Gasteiger charge is -2.20. The van der Waals surface area contributed by atoms with Crippen molar-refractivity contribution in [2.24, 2.45) is 5.92 Å². The summed E-state index contributed by atoms with van der Waals surface area (Å²) in [6.45, 7) is 5.47. The fourth-order valence-electron chi connectivity index (χ4n) is 1.78. The van der Waals surface area contributed by atoms with Gasteiger partial charge in [-0.2, -0.15) is 0 Å². The van der Waals surface area contributed by atoms with Crippen LogP contribution in [-0.4, -0.2) is 23.0 Å². The Morgan fingerprint density at radius 2 is 2.14 bits per heavy atom. The van der Waals surface area contributed by atoms with Crippen LogP contribution in [0.5, 0.6) is 0 Å². The number of hydrogen-bond acceptors (Lipinski definition) is 5. The van der Waals surface area contributed by atoms with E-state index in [9.17, 15) is 9.59 Å². The number of nitrogens with zero attached hydrogens (tertiary/aromatic N) is 1. The molecule has 2 amide bonds. The minimum Gasteiger partial charge on any atom is -0.360 e. The molecule has 1 atom stereocenters. The number of nitrogens with one attached hydrogen (secondary N) is 2. The first-order valence-electron chi connectivity index (χ1n) is 6.56. The minimum atomic E-state index is -0.642. The Morgan fingerprint density at radius 3 is 2.67 bits per heavy atom. The van der Waals surface area contributed by atoms with Crippen LogP contribution < -0.4 is 10.6 Å². The molecular weight excluding hydrogens is 290 g/mol. The summed E-state index contributed by atoms with van der Waals surface area (Å²) in [4.78, 5) is 24.9. The first-order chi connectivity index (χ1) is 9.97. The van der Waals surface area contributed by atoms with Crippen molar-refractivity contribution < 1.29 is 14.1 Å². The van der Waals surface area contributed by atoms with Gasteiger partial charge in [-0.1, -0.05) is 25.1 Å². The van der Waals surface area contributed by atoms with Crippen LogP contribution in [0, 0.1) is 12.8 Å². The van der Waals surface area contributed by atoms with Gasteiger partial charge in [0.15, 0.2) is 5.82 Å². The molecule has 0 saturated heterocycles. The first-order valence-corrected chi connectivity index (χ1v) is 7.44. The molecule has 2 aromatic rings. The zero-order chi connectivity index (χ0) is 15.4. The van der Waals surface area contributed by atoms with E-state index in [2.05, 4.69) is 15.8 Å². The molecule has 0 fully saturated rings. The summed E-state index contributed by atoms with van der Waals surface area (Å²) >= 11 is 1.33. The molecule has 0 aliphatic carbocycles. The van der Waals surface area contributed by atoms with Crippen LogP contribution >= 0.6 is 11.3 Å². The maximum atomic E-state index is 12.3. The van der Waals surface area contributed by atoms with E-state index in [0.29, 0.717) is 16.5 Å². The molecule has 0 spiro atoms. The van der Waals surface area contributed by atoms with E-state index in [0.717, 1.165) is 0 Å². The molecule has 0 aromatic carbocycles. The zero-order valence-electron chi connectivity index (χ0n) is 12.0. The van der Waals surface area contributed by atoms with E-state index < -0.39 is 6.04 Å². The average Bonchev–Trinajstić information content (AvgIpc) is 3.06. The molecule has 2 aromatic heterocycles. The third kappa shape index (κ3) is 3.91. The number of carbonyl (C=O) groups is 2. The standard InChI is InChI=1S/C14H17N3O3S/c1-8(2)12(16-13(18)10-5-4-6-21-10)14(19)15-11-7-9(3)20-17-11/h4-8,12H,1-3H3,(H,16,18)(H,15,17,19)/t12-/m0/s1. The third-order valence-electron chi connectivity index (χ3n) is 2.86. The van der Waals surface area contributed by atoms with E-state index >= 15 is 0 Å². The van der Waals surface area contributed by atoms with E-state index in [1.165, 1.54) is 11.3 Å². The molecule has 6 nitrogen and oxygen atoms in total. The number of carbonyl (C=O) groups excluding carboxylic acids is 2. The van der Waals surface area contributed by atoms with Crippen LogP contribution in [0.2, 0.25) is 0 Å². The molecule has 7 heteroatoms.